The largest absolute Gasteiger partial charge is 0.0654 e. The van der Waals surface area contributed by atoms with Crippen LogP contribution in [-0.2, 0) is 0 Å². The second kappa shape index (κ2) is 5.92. The van der Waals surface area contributed by atoms with Crippen LogP contribution in [0, 0.1) is 17.3 Å². The summed E-state index contributed by atoms with van der Waals surface area (Å²) in [5.74, 6) is 1.98. The van der Waals surface area contributed by atoms with Crippen LogP contribution in [0.2, 0.25) is 0 Å². The van der Waals surface area contributed by atoms with Gasteiger partial charge < -0.3 is 0 Å². The predicted octanol–water partition coefficient (Wildman–Crippen LogP) is 5.42. The minimum absolute atomic E-state index is 0.755. The zero-order valence-corrected chi connectivity index (χ0v) is 11.3. The molecule has 0 radical (unpaired) electrons. The van der Waals surface area contributed by atoms with E-state index in [4.69, 9.17) is 0 Å². The molecular formula is C15H30. The molecule has 3 unspecified atom stereocenters. The van der Waals surface area contributed by atoms with E-state index in [0.717, 1.165) is 17.3 Å². The summed E-state index contributed by atoms with van der Waals surface area (Å²) in [6.45, 7) is 9.61. The van der Waals surface area contributed by atoms with Crippen molar-refractivity contribution < 1.29 is 0 Å². The number of hydrogen-bond acceptors (Lipinski definition) is 0. The van der Waals surface area contributed by atoms with Crippen molar-refractivity contribution in [3.8, 4) is 0 Å². The summed E-state index contributed by atoms with van der Waals surface area (Å²) < 4.78 is 0. The van der Waals surface area contributed by atoms with Crippen LogP contribution < -0.4 is 0 Å². The van der Waals surface area contributed by atoms with Crippen molar-refractivity contribution in [3.05, 3.63) is 0 Å². The third kappa shape index (κ3) is 3.23. The van der Waals surface area contributed by atoms with Gasteiger partial charge in [0.2, 0.25) is 0 Å². The van der Waals surface area contributed by atoms with Gasteiger partial charge in [-0.2, -0.15) is 0 Å². The second-order valence-electron chi connectivity index (χ2n) is 5.80. The zero-order valence-electron chi connectivity index (χ0n) is 11.3. The van der Waals surface area contributed by atoms with Gasteiger partial charge in [-0.05, 0) is 30.1 Å². The third-order valence-corrected chi connectivity index (χ3v) is 4.89. The van der Waals surface area contributed by atoms with Crippen LogP contribution in [0.3, 0.4) is 0 Å². The molecule has 0 heteroatoms. The zero-order chi connectivity index (χ0) is 11.3. The summed E-state index contributed by atoms with van der Waals surface area (Å²) in [4.78, 5) is 0. The molecule has 0 heterocycles. The molecule has 0 N–H and O–H groups in total. The first-order valence-electron chi connectivity index (χ1n) is 7.17. The van der Waals surface area contributed by atoms with E-state index < -0.39 is 0 Å². The SMILES string of the molecule is CCCCCCCC(C)C1(CC)CC1C. The Labute approximate surface area is 96.8 Å². The lowest BCUT2D eigenvalue weighted by Crippen LogP contribution is -2.14. The Kier molecular flexibility index (Phi) is 5.15. The fourth-order valence-corrected chi connectivity index (χ4v) is 3.38. The van der Waals surface area contributed by atoms with Gasteiger partial charge in [0.25, 0.3) is 0 Å². The number of hydrogen-bond donors (Lipinski definition) is 0. The van der Waals surface area contributed by atoms with E-state index in [1.165, 1.54) is 51.4 Å². The van der Waals surface area contributed by atoms with Crippen LogP contribution in [0.25, 0.3) is 0 Å². The summed E-state index contributed by atoms with van der Waals surface area (Å²) in [5.41, 5.74) is 0.755. The van der Waals surface area contributed by atoms with E-state index >= 15 is 0 Å². The lowest BCUT2D eigenvalue weighted by Gasteiger charge is -2.23. The van der Waals surface area contributed by atoms with E-state index in [2.05, 4.69) is 27.7 Å². The number of rotatable bonds is 8. The molecular weight excluding hydrogens is 180 g/mol. The molecule has 1 aliphatic carbocycles. The second-order valence-corrected chi connectivity index (χ2v) is 5.80. The first kappa shape index (κ1) is 13.1. The van der Waals surface area contributed by atoms with Gasteiger partial charge in [-0.1, -0.05) is 66.2 Å². The van der Waals surface area contributed by atoms with Crippen LogP contribution >= 0.6 is 0 Å². The van der Waals surface area contributed by atoms with Crippen molar-refractivity contribution >= 4 is 0 Å². The van der Waals surface area contributed by atoms with E-state index in [-0.39, 0.29) is 0 Å². The van der Waals surface area contributed by atoms with Crippen LogP contribution in [0.5, 0.6) is 0 Å². The Balaban J connectivity index is 2.11. The summed E-state index contributed by atoms with van der Waals surface area (Å²) >= 11 is 0. The molecule has 0 bridgehead atoms. The first-order chi connectivity index (χ1) is 7.17. The molecule has 1 aliphatic rings. The quantitative estimate of drug-likeness (QED) is 0.469. The van der Waals surface area contributed by atoms with Crippen molar-refractivity contribution in [2.24, 2.45) is 17.3 Å². The maximum absolute atomic E-state index is 2.49. The lowest BCUT2D eigenvalue weighted by atomic mass is 9.82. The van der Waals surface area contributed by atoms with Gasteiger partial charge in [0.15, 0.2) is 0 Å². The van der Waals surface area contributed by atoms with Gasteiger partial charge in [-0.25, -0.2) is 0 Å². The molecule has 90 valence electrons. The minimum Gasteiger partial charge on any atom is -0.0654 e. The van der Waals surface area contributed by atoms with Crippen LogP contribution in [0.15, 0.2) is 0 Å². The van der Waals surface area contributed by atoms with Crippen LogP contribution in [-0.4, -0.2) is 0 Å². The molecule has 3 atom stereocenters. The summed E-state index contributed by atoms with van der Waals surface area (Å²) in [5, 5.41) is 0. The predicted molar refractivity (Wildman–Crippen MR) is 69.0 cm³/mol. The molecule has 0 aliphatic heterocycles. The smallest absolute Gasteiger partial charge is 0.0246 e. The normalized spacial score (nSPS) is 31.6. The third-order valence-electron chi connectivity index (χ3n) is 4.89. The molecule has 1 rings (SSSR count). The molecule has 1 saturated carbocycles. The van der Waals surface area contributed by atoms with Crippen molar-refractivity contribution in [2.45, 2.75) is 79.1 Å². The Morgan fingerprint density at radius 3 is 2.20 bits per heavy atom. The monoisotopic (exact) mass is 210 g/mol. The summed E-state index contributed by atoms with van der Waals surface area (Å²) in [7, 11) is 0. The van der Waals surface area contributed by atoms with Crippen molar-refractivity contribution in [1.82, 2.24) is 0 Å². The minimum atomic E-state index is 0.755. The van der Waals surface area contributed by atoms with Gasteiger partial charge in [0, 0.05) is 0 Å². The van der Waals surface area contributed by atoms with Gasteiger partial charge in [-0.15, -0.1) is 0 Å². The maximum atomic E-state index is 2.49. The van der Waals surface area contributed by atoms with Gasteiger partial charge >= 0.3 is 0 Å². The average Bonchev–Trinajstić information content (AvgIpc) is 2.90. The highest BCUT2D eigenvalue weighted by Crippen LogP contribution is 2.60. The lowest BCUT2D eigenvalue weighted by molar-refractivity contribution is 0.272. The van der Waals surface area contributed by atoms with Gasteiger partial charge in [-0.3, -0.25) is 0 Å². The molecule has 0 saturated heterocycles. The molecule has 0 aromatic rings. The maximum Gasteiger partial charge on any atom is -0.0246 e. The average molecular weight is 210 g/mol. The molecule has 0 spiro atoms. The van der Waals surface area contributed by atoms with E-state index in [1.807, 2.05) is 0 Å². The standard InChI is InChI=1S/C15H30/c1-5-7-8-9-10-11-13(3)15(6-2)12-14(15)4/h13-14H,5-12H2,1-4H3. The van der Waals surface area contributed by atoms with Crippen LogP contribution in [0.1, 0.15) is 79.1 Å². The van der Waals surface area contributed by atoms with E-state index in [1.54, 1.807) is 0 Å². The highest BCUT2D eigenvalue weighted by atomic mass is 14.6. The van der Waals surface area contributed by atoms with Crippen LogP contribution in [0.4, 0.5) is 0 Å². The topological polar surface area (TPSA) is 0 Å². The molecule has 0 aromatic heterocycles. The fraction of sp³-hybridized carbons (Fsp3) is 1.00. The Morgan fingerprint density at radius 2 is 1.73 bits per heavy atom. The highest BCUT2D eigenvalue weighted by Gasteiger charge is 2.52. The molecule has 0 aromatic carbocycles. The first-order valence-corrected chi connectivity index (χ1v) is 7.17. The van der Waals surface area contributed by atoms with Gasteiger partial charge in [0.05, 0.1) is 0 Å². The van der Waals surface area contributed by atoms with E-state index in [0.29, 0.717) is 0 Å². The summed E-state index contributed by atoms with van der Waals surface area (Å²) in [6.07, 6.45) is 11.6. The van der Waals surface area contributed by atoms with E-state index in [9.17, 15) is 0 Å². The number of unbranched alkanes of at least 4 members (excludes halogenated alkanes) is 4. The Hall–Kier alpha value is 0. The Bertz CT molecular complexity index is 169. The van der Waals surface area contributed by atoms with Crippen molar-refractivity contribution in [1.29, 1.82) is 0 Å². The van der Waals surface area contributed by atoms with Gasteiger partial charge in [0.1, 0.15) is 0 Å². The fourth-order valence-electron chi connectivity index (χ4n) is 3.38. The molecule has 1 fully saturated rings. The van der Waals surface area contributed by atoms with Crippen molar-refractivity contribution in [3.63, 3.8) is 0 Å². The molecule has 0 nitrogen and oxygen atoms in total. The molecule has 0 amide bonds. The summed E-state index contributed by atoms with van der Waals surface area (Å²) in [6, 6.07) is 0. The highest BCUT2D eigenvalue weighted by molar-refractivity contribution is 5.01. The molecule has 15 heavy (non-hydrogen) atoms. The van der Waals surface area contributed by atoms with Crippen molar-refractivity contribution in [2.75, 3.05) is 0 Å². The Morgan fingerprint density at radius 1 is 1.13 bits per heavy atom.